The maximum absolute atomic E-state index is 14.4. The Balaban J connectivity index is 1.68. The van der Waals surface area contributed by atoms with Gasteiger partial charge in [-0.05, 0) is 44.5 Å². The average Bonchev–Trinajstić information content (AvgIpc) is 3.44. The molecular formula is C33H29N3O5S. The van der Waals surface area contributed by atoms with Gasteiger partial charge < -0.3 is 14.4 Å². The molecule has 4 aromatic rings. The number of rotatable bonds is 6. The summed E-state index contributed by atoms with van der Waals surface area (Å²) < 4.78 is 13.2. The summed E-state index contributed by atoms with van der Waals surface area (Å²) in [5, 5.41) is 0. The number of benzene rings is 3. The van der Waals surface area contributed by atoms with Gasteiger partial charge in [0.05, 0.1) is 41.3 Å². The van der Waals surface area contributed by atoms with E-state index >= 15 is 0 Å². The predicted octanol–water partition coefficient (Wildman–Crippen LogP) is 4.07. The molecule has 0 spiro atoms. The van der Waals surface area contributed by atoms with Crippen molar-refractivity contribution in [1.82, 2.24) is 4.57 Å². The Morgan fingerprint density at radius 3 is 2.36 bits per heavy atom. The maximum atomic E-state index is 14.4. The molecule has 0 radical (unpaired) electrons. The Hall–Kier alpha value is -4.76. The highest BCUT2D eigenvalue weighted by Gasteiger charge is 2.37. The van der Waals surface area contributed by atoms with E-state index < -0.39 is 17.6 Å². The Labute approximate surface area is 246 Å². The van der Waals surface area contributed by atoms with Gasteiger partial charge in [-0.3, -0.25) is 14.2 Å². The minimum Gasteiger partial charge on any atom is -0.491 e. The van der Waals surface area contributed by atoms with Gasteiger partial charge in [-0.25, -0.2) is 9.79 Å². The molecule has 8 nitrogen and oxygen atoms in total. The zero-order valence-electron chi connectivity index (χ0n) is 23.7. The molecule has 1 atom stereocenters. The number of esters is 1. The molecule has 2 aliphatic rings. The molecule has 0 bridgehead atoms. The van der Waals surface area contributed by atoms with E-state index in [9.17, 15) is 14.4 Å². The van der Waals surface area contributed by atoms with Gasteiger partial charge >= 0.3 is 5.97 Å². The highest BCUT2D eigenvalue weighted by Crippen LogP contribution is 2.37. The molecule has 0 N–H and O–H groups in total. The Morgan fingerprint density at radius 2 is 1.67 bits per heavy atom. The van der Waals surface area contributed by atoms with E-state index in [1.54, 1.807) is 18.9 Å². The molecule has 6 rings (SSSR count). The van der Waals surface area contributed by atoms with Crippen LogP contribution in [0.5, 0.6) is 5.75 Å². The first kappa shape index (κ1) is 27.4. The van der Waals surface area contributed by atoms with Gasteiger partial charge in [0.25, 0.3) is 11.5 Å². The average molecular weight is 580 g/mol. The van der Waals surface area contributed by atoms with Gasteiger partial charge in [0, 0.05) is 18.2 Å². The number of para-hydroxylation sites is 1. The number of hydrogen-bond acceptors (Lipinski definition) is 7. The standard InChI is InChI=1S/C33H29N3O5S/c1-5-40-32(39)26-27(20-11-7-6-8-12-20)34-33-36(28(26)21-15-17-22(18-16-21)41-19(2)3)31(38)29(42-33)25-23-13-9-10-14-24(23)35(4)30(25)37/h6-19,28H,5H2,1-4H3/b29-25+/t28-/m0/s1. The highest BCUT2D eigenvalue weighted by atomic mass is 32.1. The van der Waals surface area contributed by atoms with Crippen LogP contribution in [-0.2, 0) is 14.3 Å². The van der Waals surface area contributed by atoms with Crippen molar-refractivity contribution < 1.29 is 19.1 Å². The van der Waals surface area contributed by atoms with Gasteiger partial charge in [-0.2, -0.15) is 0 Å². The molecule has 9 heteroatoms. The first-order valence-electron chi connectivity index (χ1n) is 13.7. The normalized spacial score (nSPS) is 17.2. The fourth-order valence-electron chi connectivity index (χ4n) is 5.40. The summed E-state index contributed by atoms with van der Waals surface area (Å²) in [6.45, 7) is 5.79. The number of nitrogens with zero attached hydrogens (tertiary/aromatic N) is 3. The molecule has 1 amide bonds. The number of thiazole rings is 1. The van der Waals surface area contributed by atoms with Crippen LogP contribution in [0.15, 0.2) is 94.2 Å². The Kier molecular flexibility index (Phi) is 7.12. The first-order valence-corrected chi connectivity index (χ1v) is 14.6. The Morgan fingerprint density at radius 1 is 0.976 bits per heavy atom. The van der Waals surface area contributed by atoms with Crippen molar-refractivity contribution in [3.05, 3.63) is 121 Å². The summed E-state index contributed by atoms with van der Waals surface area (Å²) in [4.78, 5) is 48.3. The molecule has 0 saturated carbocycles. The lowest BCUT2D eigenvalue weighted by atomic mass is 9.93. The SMILES string of the molecule is CCOC(=O)C1=C(c2ccccc2)N=c2s/c(=C3/C(=O)N(C)c4ccccc43)c(=O)n2[C@H]1c1ccc(OC(C)C)cc1. The maximum Gasteiger partial charge on any atom is 0.338 e. The number of fused-ring (bicyclic) bond motifs is 2. The fourth-order valence-corrected chi connectivity index (χ4v) is 6.49. The van der Waals surface area contributed by atoms with E-state index in [1.165, 1.54) is 4.57 Å². The fraction of sp³-hybridized carbons (Fsp3) is 0.212. The molecular weight excluding hydrogens is 550 g/mol. The van der Waals surface area contributed by atoms with Crippen molar-refractivity contribution in [2.75, 3.05) is 18.6 Å². The van der Waals surface area contributed by atoms with Crippen LogP contribution in [0.2, 0.25) is 0 Å². The summed E-state index contributed by atoms with van der Waals surface area (Å²) >= 11 is 1.15. The molecule has 0 fully saturated rings. The summed E-state index contributed by atoms with van der Waals surface area (Å²) in [5.74, 6) is -0.154. The van der Waals surface area contributed by atoms with Crippen LogP contribution in [0.1, 0.15) is 43.5 Å². The summed E-state index contributed by atoms with van der Waals surface area (Å²) in [6, 6.07) is 23.3. The zero-order chi connectivity index (χ0) is 29.5. The zero-order valence-corrected chi connectivity index (χ0v) is 24.5. The number of aromatic nitrogens is 1. The van der Waals surface area contributed by atoms with Crippen LogP contribution in [0.4, 0.5) is 5.69 Å². The lowest BCUT2D eigenvalue weighted by molar-refractivity contribution is -0.138. The van der Waals surface area contributed by atoms with Crippen LogP contribution < -0.4 is 24.5 Å². The van der Waals surface area contributed by atoms with Crippen molar-refractivity contribution >= 4 is 40.2 Å². The van der Waals surface area contributed by atoms with E-state index in [0.29, 0.717) is 38.5 Å². The number of amides is 1. The van der Waals surface area contributed by atoms with Gasteiger partial charge in [-0.15, -0.1) is 0 Å². The smallest absolute Gasteiger partial charge is 0.338 e. The molecule has 3 heterocycles. The van der Waals surface area contributed by atoms with Crippen LogP contribution >= 0.6 is 11.3 Å². The van der Waals surface area contributed by atoms with Crippen LogP contribution in [0.25, 0.3) is 11.3 Å². The Bertz CT molecular complexity index is 1920. The lowest BCUT2D eigenvalue weighted by Crippen LogP contribution is -2.40. The predicted molar refractivity (Wildman–Crippen MR) is 162 cm³/mol. The molecule has 42 heavy (non-hydrogen) atoms. The van der Waals surface area contributed by atoms with Gasteiger partial charge in [0.2, 0.25) is 0 Å². The molecule has 3 aromatic carbocycles. The molecule has 0 aliphatic carbocycles. The molecule has 0 saturated heterocycles. The minimum atomic E-state index is -0.845. The van der Waals surface area contributed by atoms with Gasteiger partial charge in [-0.1, -0.05) is 72.0 Å². The van der Waals surface area contributed by atoms with Crippen LogP contribution in [0.3, 0.4) is 0 Å². The van der Waals surface area contributed by atoms with E-state index in [2.05, 4.69) is 0 Å². The largest absolute Gasteiger partial charge is 0.491 e. The van der Waals surface area contributed by atoms with Gasteiger partial charge in [0.1, 0.15) is 10.3 Å². The third-order valence-corrected chi connectivity index (χ3v) is 8.25. The van der Waals surface area contributed by atoms with E-state index in [4.69, 9.17) is 14.5 Å². The highest BCUT2D eigenvalue weighted by molar-refractivity contribution is 7.07. The summed E-state index contributed by atoms with van der Waals surface area (Å²) in [7, 11) is 1.70. The third kappa shape index (κ3) is 4.55. The molecule has 1 aromatic heterocycles. The number of ether oxygens (including phenoxy) is 2. The summed E-state index contributed by atoms with van der Waals surface area (Å²) in [6.07, 6.45) is -0.0142. The minimum absolute atomic E-state index is 0.0142. The van der Waals surface area contributed by atoms with Crippen molar-refractivity contribution in [1.29, 1.82) is 0 Å². The number of carbonyl (C=O) groups is 2. The van der Waals surface area contributed by atoms with Crippen molar-refractivity contribution in [2.24, 2.45) is 4.99 Å². The second-order valence-electron chi connectivity index (χ2n) is 10.2. The van der Waals surface area contributed by atoms with E-state index in [-0.39, 0.29) is 28.7 Å². The topological polar surface area (TPSA) is 90.2 Å². The second kappa shape index (κ2) is 10.9. The van der Waals surface area contributed by atoms with Gasteiger partial charge in [0.15, 0.2) is 4.80 Å². The lowest BCUT2D eigenvalue weighted by Gasteiger charge is -2.26. The monoisotopic (exact) mass is 579 g/mol. The molecule has 212 valence electrons. The second-order valence-corrected chi connectivity index (χ2v) is 11.2. The van der Waals surface area contributed by atoms with Crippen LogP contribution in [-0.4, -0.2) is 36.2 Å². The number of carbonyl (C=O) groups excluding carboxylic acids is 2. The van der Waals surface area contributed by atoms with E-state index in [1.807, 2.05) is 92.7 Å². The summed E-state index contributed by atoms with van der Waals surface area (Å²) in [5.41, 5.74) is 3.44. The number of anilines is 1. The van der Waals surface area contributed by atoms with Crippen molar-refractivity contribution in [3.8, 4) is 5.75 Å². The van der Waals surface area contributed by atoms with Crippen molar-refractivity contribution in [2.45, 2.75) is 32.9 Å². The third-order valence-electron chi connectivity index (χ3n) is 7.20. The van der Waals surface area contributed by atoms with E-state index in [0.717, 1.165) is 17.0 Å². The molecule has 2 aliphatic heterocycles. The first-order chi connectivity index (χ1) is 20.3. The quantitative estimate of drug-likeness (QED) is 0.322. The number of hydrogen-bond donors (Lipinski definition) is 0. The van der Waals surface area contributed by atoms with Crippen molar-refractivity contribution in [3.63, 3.8) is 0 Å². The van der Waals surface area contributed by atoms with Crippen LogP contribution in [0, 0.1) is 0 Å². The number of likely N-dealkylation sites (N-methyl/N-ethyl adjacent to an activating group) is 1. The molecule has 0 unspecified atom stereocenters.